The van der Waals surface area contributed by atoms with Crippen LogP contribution in [0.15, 0.2) is 53.7 Å². The molecule has 3 rings (SSSR count). The number of rotatable bonds is 5. The molecule has 0 aliphatic carbocycles. The number of halogens is 1. The summed E-state index contributed by atoms with van der Waals surface area (Å²) in [7, 11) is 1.62. The Bertz CT molecular complexity index is 818. The number of nitrogen functional groups attached to an aromatic ring is 1. The normalized spacial score (nSPS) is 12.1. The van der Waals surface area contributed by atoms with Gasteiger partial charge < -0.3 is 10.6 Å². The molecule has 1 atom stereocenters. The first-order valence-corrected chi connectivity index (χ1v) is 8.23. The van der Waals surface area contributed by atoms with Crippen LogP contribution in [0.2, 0.25) is 0 Å². The molecule has 1 aromatic heterocycles. The van der Waals surface area contributed by atoms with Crippen LogP contribution < -0.4 is 10.6 Å². The van der Waals surface area contributed by atoms with Crippen molar-refractivity contribution in [1.29, 1.82) is 0 Å². The minimum Gasteiger partial charge on any atom is -0.497 e. The summed E-state index contributed by atoms with van der Waals surface area (Å²) >= 11 is 1.47. The molecule has 0 radical (unpaired) electrons. The molecule has 24 heavy (non-hydrogen) atoms. The van der Waals surface area contributed by atoms with Crippen LogP contribution >= 0.6 is 11.8 Å². The zero-order valence-corrected chi connectivity index (χ0v) is 14.1. The quantitative estimate of drug-likeness (QED) is 0.565. The molecule has 0 bridgehead atoms. The van der Waals surface area contributed by atoms with Gasteiger partial charge in [-0.25, -0.2) is 9.07 Å². The first-order chi connectivity index (χ1) is 11.6. The maximum Gasteiger partial charge on any atom is 0.210 e. The predicted octanol–water partition coefficient (Wildman–Crippen LogP) is 3.66. The lowest BCUT2D eigenvalue weighted by Gasteiger charge is -2.11. The molecule has 0 amide bonds. The van der Waals surface area contributed by atoms with Gasteiger partial charge in [0.15, 0.2) is 5.82 Å². The highest BCUT2D eigenvalue weighted by Gasteiger charge is 2.16. The van der Waals surface area contributed by atoms with Gasteiger partial charge in [-0.15, -0.1) is 10.2 Å². The predicted molar refractivity (Wildman–Crippen MR) is 92.8 cm³/mol. The lowest BCUT2D eigenvalue weighted by atomic mass is 10.2. The van der Waals surface area contributed by atoms with E-state index in [2.05, 4.69) is 10.2 Å². The lowest BCUT2D eigenvalue weighted by Crippen LogP contribution is -2.12. The van der Waals surface area contributed by atoms with Crippen molar-refractivity contribution in [3.8, 4) is 17.1 Å². The number of nitrogens with two attached hydrogens (primary N) is 1. The van der Waals surface area contributed by atoms with Gasteiger partial charge in [0.1, 0.15) is 11.6 Å². The van der Waals surface area contributed by atoms with Crippen molar-refractivity contribution in [2.75, 3.05) is 13.0 Å². The third-order valence-corrected chi connectivity index (χ3v) is 4.75. The van der Waals surface area contributed by atoms with Gasteiger partial charge in [0, 0.05) is 10.8 Å². The molecule has 2 N–H and O–H groups in total. The minimum absolute atomic E-state index is 0.0702. The average molecular weight is 344 g/mol. The van der Waals surface area contributed by atoms with Gasteiger partial charge in [-0.05, 0) is 48.9 Å². The second-order valence-electron chi connectivity index (χ2n) is 5.22. The number of methoxy groups -OCH3 is 1. The maximum absolute atomic E-state index is 13.0. The SMILES string of the molecule is COc1ccc(-c2nnc(S[C@@H](C)c3ccc(F)cc3)n2N)cc1. The van der Waals surface area contributed by atoms with Gasteiger partial charge in [-0.2, -0.15) is 0 Å². The molecule has 3 aromatic rings. The fourth-order valence-corrected chi connectivity index (χ4v) is 3.15. The molecule has 0 saturated carbocycles. The molecular weight excluding hydrogens is 327 g/mol. The van der Waals surface area contributed by atoms with E-state index >= 15 is 0 Å². The standard InChI is InChI=1S/C17H17FN4OS/c1-11(12-3-7-14(18)8-4-12)24-17-21-20-16(22(17)19)13-5-9-15(23-2)10-6-13/h3-11H,19H2,1-2H3/t11-/m0/s1. The van der Waals surface area contributed by atoms with E-state index in [9.17, 15) is 4.39 Å². The Labute approximate surface area is 143 Å². The maximum atomic E-state index is 13.0. The smallest absolute Gasteiger partial charge is 0.210 e. The highest BCUT2D eigenvalue weighted by Crippen LogP contribution is 2.34. The zero-order chi connectivity index (χ0) is 17.1. The number of hydrogen-bond acceptors (Lipinski definition) is 5. The van der Waals surface area contributed by atoms with E-state index in [0.29, 0.717) is 11.0 Å². The van der Waals surface area contributed by atoms with Crippen molar-refractivity contribution >= 4 is 11.8 Å². The molecule has 0 aliphatic rings. The molecule has 0 fully saturated rings. The van der Waals surface area contributed by atoms with Gasteiger partial charge in [-0.3, -0.25) is 0 Å². The van der Waals surface area contributed by atoms with Crippen molar-refractivity contribution in [3.05, 3.63) is 59.9 Å². The summed E-state index contributed by atoms with van der Waals surface area (Å²) in [5.74, 6) is 7.23. The summed E-state index contributed by atoms with van der Waals surface area (Å²) in [5, 5.41) is 9.00. The Morgan fingerprint density at radius 3 is 2.38 bits per heavy atom. The summed E-state index contributed by atoms with van der Waals surface area (Å²) in [6.45, 7) is 2.01. The molecule has 0 unspecified atom stereocenters. The zero-order valence-electron chi connectivity index (χ0n) is 13.3. The third kappa shape index (κ3) is 3.35. The van der Waals surface area contributed by atoms with Crippen molar-refractivity contribution in [2.45, 2.75) is 17.3 Å². The molecule has 0 saturated heterocycles. The Kier molecular flexibility index (Phi) is 4.71. The Balaban J connectivity index is 1.80. The topological polar surface area (TPSA) is 66.0 Å². The molecule has 5 nitrogen and oxygen atoms in total. The minimum atomic E-state index is -0.250. The summed E-state index contributed by atoms with van der Waals surface area (Å²) in [4.78, 5) is 0. The van der Waals surface area contributed by atoms with Crippen molar-refractivity contribution in [2.24, 2.45) is 0 Å². The lowest BCUT2D eigenvalue weighted by molar-refractivity contribution is 0.415. The van der Waals surface area contributed by atoms with E-state index in [1.54, 1.807) is 19.2 Å². The van der Waals surface area contributed by atoms with E-state index in [1.807, 2.05) is 31.2 Å². The van der Waals surface area contributed by atoms with E-state index in [4.69, 9.17) is 10.6 Å². The van der Waals surface area contributed by atoms with Gasteiger partial charge in [0.25, 0.3) is 0 Å². The van der Waals surface area contributed by atoms with Crippen LogP contribution in [0, 0.1) is 5.82 Å². The highest BCUT2D eigenvalue weighted by atomic mass is 32.2. The number of aromatic nitrogens is 3. The monoisotopic (exact) mass is 344 g/mol. The van der Waals surface area contributed by atoms with Gasteiger partial charge >= 0.3 is 0 Å². The van der Waals surface area contributed by atoms with Crippen molar-refractivity contribution in [3.63, 3.8) is 0 Å². The van der Waals surface area contributed by atoms with Gasteiger partial charge in [0.2, 0.25) is 5.16 Å². The van der Waals surface area contributed by atoms with Crippen molar-refractivity contribution < 1.29 is 9.13 Å². The summed E-state index contributed by atoms with van der Waals surface area (Å²) < 4.78 is 19.6. The van der Waals surface area contributed by atoms with Crippen LogP contribution in [-0.4, -0.2) is 22.0 Å². The van der Waals surface area contributed by atoms with Gasteiger partial charge in [0.05, 0.1) is 7.11 Å². The molecular formula is C17H17FN4OS. The van der Waals surface area contributed by atoms with Crippen LogP contribution in [0.1, 0.15) is 17.7 Å². The fourth-order valence-electron chi connectivity index (χ4n) is 2.25. The number of hydrogen-bond donors (Lipinski definition) is 1. The number of ether oxygens (including phenoxy) is 1. The van der Waals surface area contributed by atoms with Crippen LogP contribution in [0.3, 0.4) is 0 Å². The number of benzene rings is 2. The Morgan fingerprint density at radius 2 is 1.75 bits per heavy atom. The summed E-state index contributed by atoms with van der Waals surface area (Å²) in [6.07, 6.45) is 0. The molecule has 1 heterocycles. The summed E-state index contributed by atoms with van der Waals surface area (Å²) in [6, 6.07) is 13.9. The average Bonchev–Trinajstić information content (AvgIpc) is 2.96. The highest BCUT2D eigenvalue weighted by molar-refractivity contribution is 7.99. The van der Waals surface area contributed by atoms with Gasteiger partial charge in [-0.1, -0.05) is 23.9 Å². The second-order valence-corrected chi connectivity index (χ2v) is 6.52. The van der Waals surface area contributed by atoms with E-state index in [1.165, 1.54) is 28.6 Å². The van der Waals surface area contributed by atoms with Crippen LogP contribution in [0.4, 0.5) is 4.39 Å². The molecule has 124 valence electrons. The third-order valence-electron chi connectivity index (χ3n) is 3.63. The molecule has 0 spiro atoms. The van der Waals surface area contributed by atoms with E-state index in [-0.39, 0.29) is 11.1 Å². The van der Waals surface area contributed by atoms with E-state index < -0.39 is 0 Å². The summed E-state index contributed by atoms with van der Waals surface area (Å²) in [5.41, 5.74) is 1.85. The van der Waals surface area contributed by atoms with Crippen LogP contribution in [0.5, 0.6) is 5.75 Å². The van der Waals surface area contributed by atoms with Crippen LogP contribution in [-0.2, 0) is 0 Å². The molecule has 0 aliphatic heterocycles. The van der Waals surface area contributed by atoms with Crippen LogP contribution in [0.25, 0.3) is 11.4 Å². The fraction of sp³-hybridized carbons (Fsp3) is 0.176. The van der Waals surface area contributed by atoms with Crippen molar-refractivity contribution in [1.82, 2.24) is 14.9 Å². The largest absolute Gasteiger partial charge is 0.497 e. The number of thioether (sulfide) groups is 1. The molecule has 7 heteroatoms. The Morgan fingerprint density at radius 1 is 1.08 bits per heavy atom. The number of nitrogens with zero attached hydrogens (tertiary/aromatic N) is 3. The first kappa shape index (κ1) is 16.3. The second kappa shape index (κ2) is 6.92. The first-order valence-electron chi connectivity index (χ1n) is 7.35. The Hall–Kier alpha value is -2.54. The molecule has 2 aromatic carbocycles. The van der Waals surface area contributed by atoms with E-state index in [0.717, 1.165) is 16.9 Å².